The number of nitrogens with one attached hydrogen (secondary N) is 1. The van der Waals surface area contributed by atoms with E-state index in [2.05, 4.69) is 22.8 Å². The summed E-state index contributed by atoms with van der Waals surface area (Å²) in [6.45, 7) is 1.56. The maximum Gasteiger partial charge on any atom is 0.220 e. The molecule has 0 atom stereocenters. The monoisotopic (exact) mass is 253 g/mol. The summed E-state index contributed by atoms with van der Waals surface area (Å²) in [4.78, 5) is 13.1. The van der Waals surface area contributed by atoms with Crippen molar-refractivity contribution in [1.29, 1.82) is 0 Å². The van der Waals surface area contributed by atoms with Gasteiger partial charge in [-0.1, -0.05) is 6.07 Å². The van der Waals surface area contributed by atoms with Crippen molar-refractivity contribution in [2.24, 2.45) is 0 Å². The number of hydrogen-bond acceptors (Lipinski definition) is 3. The van der Waals surface area contributed by atoms with Crippen LogP contribution in [0.15, 0.2) is 17.5 Å². The van der Waals surface area contributed by atoms with E-state index < -0.39 is 0 Å². The van der Waals surface area contributed by atoms with Crippen LogP contribution in [0.5, 0.6) is 0 Å². The van der Waals surface area contributed by atoms with E-state index in [1.54, 1.807) is 11.3 Å². The second kappa shape index (κ2) is 6.77. The van der Waals surface area contributed by atoms with Crippen LogP contribution in [0, 0.1) is 0 Å². The zero-order valence-electron chi connectivity index (χ0n) is 9.98. The maximum absolute atomic E-state index is 11.7. The van der Waals surface area contributed by atoms with E-state index in [-0.39, 0.29) is 5.91 Å². The summed E-state index contributed by atoms with van der Waals surface area (Å²) in [6, 6.07) is 4.52. The molecule has 1 fully saturated rings. The first-order chi connectivity index (χ1) is 8.34. The molecular formula is C13H19NO2S. The van der Waals surface area contributed by atoms with E-state index in [4.69, 9.17) is 4.74 Å². The summed E-state index contributed by atoms with van der Waals surface area (Å²) in [6.07, 6.45) is 4.50. The lowest BCUT2D eigenvalue weighted by molar-refractivity contribution is -0.122. The molecule has 0 aliphatic carbocycles. The molecule has 1 aliphatic heterocycles. The molecule has 0 saturated carbocycles. The fourth-order valence-corrected chi connectivity index (χ4v) is 2.77. The molecule has 1 aromatic heterocycles. The molecule has 0 radical (unpaired) electrons. The van der Waals surface area contributed by atoms with Crippen LogP contribution < -0.4 is 5.32 Å². The molecule has 1 aromatic rings. The number of aryl methyl sites for hydroxylation is 1. The van der Waals surface area contributed by atoms with Gasteiger partial charge in [-0.2, -0.15) is 0 Å². The summed E-state index contributed by atoms with van der Waals surface area (Å²) < 4.78 is 5.26. The Morgan fingerprint density at radius 2 is 2.29 bits per heavy atom. The second-order valence-corrected chi connectivity index (χ2v) is 5.42. The van der Waals surface area contributed by atoms with Gasteiger partial charge in [-0.15, -0.1) is 11.3 Å². The molecule has 1 N–H and O–H groups in total. The van der Waals surface area contributed by atoms with Crippen LogP contribution in [0.1, 0.15) is 30.6 Å². The van der Waals surface area contributed by atoms with Gasteiger partial charge in [0.1, 0.15) is 0 Å². The molecule has 3 nitrogen and oxygen atoms in total. The Balaban J connectivity index is 1.60. The van der Waals surface area contributed by atoms with Gasteiger partial charge in [-0.25, -0.2) is 0 Å². The standard InChI is InChI=1S/C13H19NO2S/c15-13(14-11-6-8-16-9-7-11)5-1-3-12-4-2-10-17-12/h2,4,10-11H,1,3,5-9H2,(H,14,15). The predicted octanol–water partition coefficient (Wildman–Crippen LogP) is 2.37. The number of hydrogen-bond donors (Lipinski definition) is 1. The van der Waals surface area contributed by atoms with E-state index in [1.165, 1.54) is 4.88 Å². The zero-order chi connectivity index (χ0) is 11.9. The molecule has 0 spiro atoms. The Hall–Kier alpha value is -0.870. The van der Waals surface area contributed by atoms with Crippen LogP contribution in [-0.4, -0.2) is 25.2 Å². The van der Waals surface area contributed by atoms with Crippen LogP contribution in [-0.2, 0) is 16.0 Å². The van der Waals surface area contributed by atoms with Crippen molar-refractivity contribution >= 4 is 17.2 Å². The van der Waals surface area contributed by atoms with Crippen molar-refractivity contribution in [1.82, 2.24) is 5.32 Å². The molecule has 0 aromatic carbocycles. The fraction of sp³-hybridized carbons (Fsp3) is 0.615. The zero-order valence-corrected chi connectivity index (χ0v) is 10.8. The molecular weight excluding hydrogens is 234 g/mol. The average Bonchev–Trinajstić information content (AvgIpc) is 2.83. The first kappa shape index (κ1) is 12.6. The molecule has 1 aliphatic rings. The Labute approximate surface area is 106 Å². The van der Waals surface area contributed by atoms with Crippen molar-refractivity contribution in [3.63, 3.8) is 0 Å². The van der Waals surface area contributed by atoms with E-state index >= 15 is 0 Å². The Morgan fingerprint density at radius 3 is 3.00 bits per heavy atom. The smallest absolute Gasteiger partial charge is 0.220 e. The van der Waals surface area contributed by atoms with Gasteiger partial charge < -0.3 is 10.1 Å². The average molecular weight is 253 g/mol. The summed E-state index contributed by atoms with van der Waals surface area (Å²) in [7, 11) is 0. The summed E-state index contributed by atoms with van der Waals surface area (Å²) in [5, 5.41) is 5.16. The molecule has 94 valence electrons. The van der Waals surface area contributed by atoms with Gasteiger partial charge in [0.2, 0.25) is 5.91 Å². The minimum absolute atomic E-state index is 0.188. The summed E-state index contributed by atoms with van der Waals surface area (Å²) in [5.41, 5.74) is 0. The molecule has 17 heavy (non-hydrogen) atoms. The van der Waals surface area contributed by atoms with Crippen molar-refractivity contribution in [3.8, 4) is 0 Å². The van der Waals surface area contributed by atoms with Gasteiger partial charge in [0.25, 0.3) is 0 Å². The Bertz CT molecular complexity index is 331. The van der Waals surface area contributed by atoms with Gasteiger partial charge in [0, 0.05) is 30.6 Å². The highest BCUT2D eigenvalue weighted by Crippen LogP contribution is 2.12. The Morgan fingerprint density at radius 1 is 1.47 bits per heavy atom. The highest BCUT2D eigenvalue weighted by atomic mass is 32.1. The molecule has 2 heterocycles. The van der Waals surface area contributed by atoms with Gasteiger partial charge in [0.05, 0.1) is 0 Å². The van der Waals surface area contributed by atoms with E-state index in [1.807, 2.05) is 0 Å². The van der Waals surface area contributed by atoms with Gasteiger partial charge in [-0.3, -0.25) is 4.79 Å². The second-order valence-electron chi connectivity index (χ2n) is 4.39. The third-order valence-corrected chi connectivity index (χ3v) is 3.93. The van der Waals surface area contributed by atoms with Crippen molar-refractivity contribution in [3.05, 3.63) is 22.4 Å². The maximum atomic E-state index is 11.7. The minimum Gasteiger partial charge on any atom is -0.381 e. The van der Waals surface area contributed by atoms with Crippen molar-refractivity contribution in [2.75, 3.05) is 13.2 Å². The van der Waals surface area contributed by atoms with Gasteiger partial charge in [0.15, 0.2) is 0 Å². The first-order valence-electron chi connectivity index (χ1n) is 6.24. The van der Waals surface area contributed by atoms with Crippen LogP contribution in [0.4, 0.5) is 0 Å². The highest BCUT2D eigenvalue weighted by molar-refractivity contribution is 7.09. The van der Waals surface area contributed by atoms with Crippen molar-refractivity contribution in [2.45, 2.75) is 38.1 Å². The number of rotatable bonds is 5. The largest absolute Gasteiger partial charge is 0.381 e. The predicted molar refractivity (Wildman–Crippen MR) is 69.2 cm³/mol. The van der Waals surface area contributed by atoms with Gasteiger partial charge in [-0.05, 0) is 37.1 Å². The number of carbonyl (C=O) groups excluding carboxylic acids is 1. The summed E-state index contributed by atoms with van der Waals surface area (Å²) in [5.74, 6) is 0.188. The molecule has 1 amide bonds. The van der Waals surface area contributed by atoms with Crippen LogP contribution in [0.3, 0.4) is 0 Å². The molecule has 1 saturated heterocycles. The Kier molecular flexibility index (Phi) is 5.01. The lowest BCUT2D eigenvalue weighted by atomic mass is 10.1. The number of thiophene rings is 1. The quantitative estimate of drug-likeness (QED) is 0.875. The normalized spacial score (nSPS) is 16.9. The third kappa shape index (κ3) is 4.48. The number of carbonyl (C=O) groups is 1. The fourth-order valence-electron chi connectivity index (χ4n) is 2.02. The number of amides is 1. The molecule has 2 rings (SSSR count). The topological polar surface area (TPSA) is 38.3 Å². The van der Waals surface area contributed by atoms with Gasteiger partial charge >= 0.3 is 0 Å². The van der Waals surface area contributed by atoms with E-state index in [0.717, 1.165) is 38.9 Å². The van der Waals surface area contributed by atoms with Crippen LogP contribution in [0.2, 0.25) is 0 Å². The van der Waals surface area contributed by atoms with E-state index in [0.29, 0.717) is 12.5 Å². The molecule has 0 bridgehead atoms. The van der Waals surface area contributed by atoms with Crippen LogP contribution in [0.25, 0.3) is 0 Å². The molecule has 4 heteroatoms. The van der Waals surface area contributed by atoms with Crippen molar-refractivity contribution < 1.29 is 9.53 Å². The minimum atomic E-state index is 0.188. The third-order valence-electron chi connectivity index (χ3n) is 2.99. The number of ether oxygens (including phenoxy) is 1. The molecule has 0 unspecified atom stereocenters. The lowest BCUT2D eigenvalue weighted by Gasteiger charge is -2.23. The van der Waals surface area contributed by atoms with E-state index in [9.17, 15) is 4.79 Å². The van der Waals surface area contributed by atoms with Crippen LogP contribution >= 0.6 is 11.3 Å². The lowest BCUT2D eigenvalue weighted by Crippen LogP contribution is -2.38. The first-order valence-corrected chi connectivity index (χ1v) is 7.12. The SMILES string of the molecule is O=C(CCCc1cccs1)NC1CCOCC1. The summed E-state index contributed by atoms with van der Waals surface area (Å²) >= 11 is 1.76. The highest BCUT2D eigenvalue weighted by Gasteiger charge is 2.15.